The van der Waals surface area contributed by atoms with Crippen LogP contribution in [-0.2, 0) is 26.2 Å². The molecule has 3 aliphatic carbocycles. The van der Waals surface area contributed by atoms with Gasteiger partial charge in [0.2, 0.25) is 23.6 Å². The van der Waals surface area contributed by atoms with E-state index >= 15 is 9.59 Å². The van der Waals surface area contributed by atoms with E-state index in [1.807, 2.05) is 38.1 Å². The van der Waals surface area contributed by atoms with Gasteiger partial charge in [-0.15, -0.1) is 11.3 Å². The molecule has 6 atom stereocenters. The molecule has 55 heavy (non-hydrogen) atoms. The third-order valence-electron chi connectivity index (χ3n) is 13.3. The van der Waals surface area contributed by atoms with Crippen LogP contribution >= 0.6 is 22.9 Å². The van der Waals surface area contributed by atoms with Gasteiger partial charge in [-0.3, -0.25) is 28.8 Å². The summed E-state index contributed by atoms with van der Waals surface area (Å²) < 4.78 is 14.4. The van der Waals surface area contributed by atoms with Crippen molar-refractivity contribution >= 4 is 62.5 Å². The molecule has 6 unspecified atom stereocenters. The maximum atomic E-state index is 15.3. The number of fused-ring (bicyclic) bond motifs is 5. The lowest BCUT2D eigenvalue weighted by molar-refractivity contribution is -0.144. The summed E-state index contributed by atoms with van der Waals surface area (Å²) in [6.45, 7) is 3.83. The molecule has 0 radical (unpaired) electrons. The Morgan fingerprint density at radius 1 is 0.945 bits per heavy atom. The number of benzene rings is 2. The lowest BCUT2D eigenvalue weighted by Gasteiger charge is -2.49. The Hall–Kier alpha value is -4.68. The zero-order chi connectivity index (χ0) is 38.7. The average molecular weight is 783 g/mol. The van der Waals surface area contributed by atoms with Crippen LogP contribution in [0, 0.1) is 36.0 Å². The maximum Gasteiger partial charge on any atom is 0.242 e. The van der Waals surface area contributed by atoms with Crippen LogP contribution in [0.3, 0.4) is 0 Å². The topological polar surface area (TPSA) is 131 Å². The van der Waals surface area contributed by atoms with Crippen molar-refractivity contribution in [2.24, 2.45) is 36.1 Å². The van der Waals surface area contributed by atoms with E-state index in [2.05, 4.69) is 0 Å². The van der Waals surface area contributed by atoms with Gasteiger partial charge in [0.1, 0.15) is 28.8 Å². The summed E-state index contributed by atoms with van der Waals surface area (Å²) in [7, 11) is 4.70. The van der Waals surface area contributed by atoms with E-state index in [1.165, 1.54) is 31.3 Å². The van der Waals surface area contributed by atoms with Gasteiger partial charge in [0, 0.05) is 52.5 Å². The number of imide groups is 2. The highest BCUT2D eigenvalue weighted by molar-refractivity contribution is 7.22. The van der Waals surface area contributed by atoms with Crippen molar-refractivity contribution in [3.63, 3.8) is 0 Å². The second-order valence-electron chi connectivity index (χ2n) is 16.0. The number of thiophene rings is 1. The van der Waals surface area contributed by atoms with E-state index in [-0.39, 0.29) is 35.9 Å². The van der Waals surface area contributed by atoms with E-state index in [4.69, 9.17) is 26.2 Å². The number of aromatic nitrogens is 2. The molecule has 4 aromatic rings. The summed E-state index contributed by atoms with van der Waals surface area (Å²) in [5, 5.41) is 17.2. The number of allylic oxidation sites excluding steroid dienone is 2. The number of carbonyl (C=O) groups is 4. The Balaban J connectivity index is 1.18. The fraction of sp³-hybridized carbons (Fsp3) is 0.452. The predicted octanol–water partition coefficient (Wildman–Crippen LogP) is 7.55. The SMILES string of the molecule is COc1cc(O)cc(OC)c1C1C2=CCC3C(=O)N(C4CCCCC4)C(=O)C3C2CC2C(=O)N(c3cc(-c4sc5ccc(Cl)cc5c4C)nn3C)C(=O)C21C. The first kappa shape index (κ1) is 36.0. The highest BCUT2D eigenvalue weighted by atomic mass is 35.5. The zero-order valence-corrected chi connectivity index (χ0v) is 33.0. The number of methoxy groups -OCH3 is 2. The molecule has 1 N–H and O–H groups in total. The van der Waals surface area contributed by atoms with Gasteiger partial charge in [-0.25, -0.2) is 4.90 Å². The molecular formula is C42H43ClN4O7S. The number of anilines is 1. The minimum Gasteiger partial charge on any atom is -0.508 e. The van der Waals surface area contributed by atoms with Crippen molar-refractivity contribution in [2.45, 2.75) is 70.8 Å². The average Bonchev–Trinajstić information content (AvgIpc) is 3.85. The fourth-order valence-electron chi connectivity index (χ4n) is 10.7. The van der Waals surface area contributed by atoms with E-state index in [0.717, 1.165) is 58.2 Å². The first-order valence-corrected chi connectivity index (χ1v) is 20.2. The van der Waals surface area contributed by atoms with Gasteiger partial charge in [0.25, 0.3) is 0 Å². The summed E-state index contributed by atoms with van der Waals surface area (Å²) in [6, 6.07) is 10.4. The van der Waals surface area contributed by atoms with Crippen molar-refractivity contribution in [2.75, 3.05) is 19.1 Å². The number of halogens is 1. The smallest absolute Gasteiger partial charge is 0.242 e. The molecule has 286 valence electrons. The molecule has 11 nitrogen and oxygen atoms in total. The van der Waals surface area contributed by atoms with Crippen molar-refractivity contribution in [1.82, 2.24) is 14.7 Å². The van der Waals surface area contributed by atoms with Gasteiger partial charge >= 0.3 is 0 Å². The standard InChI is InChI=1S/C42H43ClN4O7S/c1-20-26-15-21(43)11-14-32(26)55-37(20)29-19-33(45(3)44-29)47-39(50)28-18-27-24(12-13-25-34(27)40(51)46(38(25)49)22-9-7-6-8-10-22)36(42(28,2)41(47)52)35-30(53-4)16-23(48)17-31(35)54-5/h11-12,14-17,19,22,25,27-28,34,36,48H,6-10,13,18H2,1-5H3. The minimum absolute atomic E-state index is 0.0828. The summed E-state index contributed by atoms with van der Waals surface area (Å²) in [5.41, 5.74) is 1.61. The summed E-state index contributed by atoms with van der Waals surface area (Å²) in [4.78, 5) is 62.7. The number of ether oxygens (including phenoxy) is 2. The lowest BCUT2D eigenvalue weighted by Crippen LogP contribution is -2.49. The quantitative estimate of drug-likeness (QED) is 0.157. The molecule has 2 saturated carbocycles. The highest BCUT2D eigenvalue weighted by Gasteiger charge is 2.69. The van der Waals surface area contributed by atoms with Crippen molar-refractivity contribution in [1.29, 1.82) is 0 Å². The van der Waals surface area contributed by atoms with Crippen molar-refractivity contribution in [3.8, 4) is 27.8 Å². The number of hydrogen-bond acceptors (Lipinski definition) is 9. The fourth-order valence-corrected chi connectivity index (χ4v) is 12.0. The Bertz CT molecular complexity index is 2330. The first-order chi connectivity index (χ1) is 26.4. The number of phenolic OH excluding ortho intramolecular Hbond substituents is 1. The highest BCUT2D eigenvalue weighted by Crippen LogP contribution is 2.66. The number of hydrogen-bond donors (Lipinski definition) is 1. The number of amides is 4. The van der Waals surface area contributed by atoms with Crippen LogP contribution in [0.5, 0.6) is 17.2 Å². The Kier molecular flexibility index (Phi) is 8.47. The Labute approximate surface area is 327 Å². The maximum absolute atomic E-state index is 15.3. The monoisotopic (exact) mass is 782 g/mol. The molecule has 2 aromatic heterocycles. The molecular weight excluding hydrogens is 740 g/mol. The number of nitrogens with zero attached hydrogens (tertiary/aromatic N) is 4. The molecule has 4 amide bonds. The molecule has 13 heteroatoms. The molecule has 5 aliphatic rings. The van der Waals surface area contributed by atoms with E-state index in [1.54, 1.807) is 34.0 Å². The molecule has 4 fully saturated rings. The van der Waals surface area contributed by atoms with E-state index in [0.29, 0.717) is 40.0 Å². The number of rotatable bonds is 6. The van der Waals surface area contributed by atoms with E-state index in [9.17, 15) is 14.7 Å². The van der Waals surface area contributed by atoms with Crippen LogP contribution in [0.1, 0.15) is 68.9 Å². The molecule has 4 heterocycles. The molecule has 9 rings (SSSR count). The van der Waals surface area contributed by atoms with Crippen LogP contribution in [0.2, 0.25) is 5.02 Å². The number of likely N-dealkylation sites (tertiary alicyclic amines) is 1. The number of carbonyl (C=O) groups excluding carboxylic acids is 4. The summed E-state index contributed by atoms with van der Waals surface area (Å²) in [5.74, 6) is -3.54. The van der Waals surface area contributed by atoms with Crippen LogP contribution in [0.25, 0.3) is 20.7 Å². The van der Waals surface area contributed by atoms with Gasteiger partial charge in [0.15, 0.2) is 0 Å². The van der Waals surface area contributed by atoms with Gasteiger partial charge in [0.05, 0.1) is 42.3 Å². The van der Waals surface area contributed by atoms with Gasteiger partial charge in [-0.05, 0) is 74.6 Å². The summed E-state index contributed by atoms with van der Waals surface area (Å²) >= 11 is 7.90. The predicted molar refractivity (Wildman–Crippen MR) is 208 cm³/mol. The van der Waals surface area contributed by atoms with Crippen LogP contribution in [0.4, 0.5) is 5.82 Å². The number of aryl methyl sites for hydroxylation is 2. The number of phenols is 1. The molecule has 2 saturated heterocycles. The second-order valence-corrected chi connectivity index (χ2v) is 17.5. The molecule has 0 bridgehead atoms. The minimum atomic E-state index is -1.35. The van der Waals surface area contributed by atoms with Crippen molar-refractivity contribution in [3.05, 3.63) is 64.2 Å². The van der Waals surface area contributed by atoms with Crippen molar-refractivity contribution < 1.29 is 33.8 Å². The van der Waals surface area contributed by atoms with Crippen LogP contribution < -0.4 is 14.4 Å². The normalized spacial score (nSPS) is 28.1. The zero-order valence-electron chi connectivity index (χ0n) is 31.4. The number of aromatic hydroxyl groups is 1. The second kappa shape index (κ2) is 12.9. The van der Waals surface area contributed by atoms with Crippen LogP contribution in [-0.4, -0.2) is 63.7 Å². The van der Waals surface area contributed by atoms with E-state index < -0.39 is 40.9 Å². The lowest BCUT2D eigenvalue weighted by atomic mass is 9.51. The van der Waals surface area contributed by atoms with Gasteiger partial charge in [-0.1, -0.05) is 42.5 Å². The van der Waals surface area contributed by atoms with Gasteiger partial charge in [-0.2, -0.15) is 5.10 Å². The summed E-state index contributed by atoms with van der Waals surface area (Å²) in [6.07, 6.45) is 7.25. The third-order valence-corrected chi connectivity index (χ3v) is 14.8. The molecule has 2 aromatic carbocycles. The van der Waals surface area contributed by atoms with Gasteiger partial charge < -0.3 is 14.6 Å². The third kappa shape index (κ3) is 5.09. The largest absolute Gasteiger partial charge is 0.508 e. The Morgan fingerprint density at radius 2 is 1.65 bits per heavy atom. The van der Waals surface area contributed by atoms with Crippen LogP contribution in [0.15, 0.2) is 48.0 Å². The molecule has 2 aliphatic heterocycles. The Morgan fingerprint density at radius 3 is 2.35 bits per heavy atom. The molecule has 0 spiro atoms. The first-order valence-electron chi connectivity index (χ1n) is 19.0.